The van der Waals surface area contributed by atoms with Crippen molar-refractivity contribution in [1.29, 1.82) is 0 Å². The summed E-state index contributed by atoms with van der Waals surface area (Å²) in [5, 5.41) is 5.88. The van der Waals surface area contributed by atoms with Gasteiger partial charge in [0.25, 0.3) is 0 Å². The van der Waals surface area contributed by atoms with Gasteiger partial charge in [0.15, 0.2) is 0 Å². The summed E-state index contributed by atoms with van der Waals surface area (Å²) in [7, 11) is 0. The highest BCUT2D eigenvalue weighted by molar-refractivity contribution is 7.98. The molecule has 0 aliphatic rings. The van der Waals surface area contributed by atoms with Crippen LogP contribution in [0.15, 0.2) is 48.5 Å². The predicted molar refractivity (Wildman–Crippen MR) is 164 cm³/mol. The normalized spacial score (nSPS) is 13.2. The van der Waals surface area contributed by atoms with Crippen LogP contribution in [0.3, 0.4) is 0 Å². The molecule has 8 heteroatoms. The number of nitrogens with zero attached hydrogens (tertiary/aromatic N) is 1. The first-order valence-corrected chi connectivity index (χ1v) is 15.3. The lowest BCUT2D eigenvalue weighted by Gasteiger charge is -2.44. The van der Waals surface area contributed by atoms with Gasteiger partial charge in [-0.15, -0.1) is 0 Å². The molecule has 0 spiro atoms. The summed E-state index contributed by atoms with van der Waals surface area (Å²) in [6, 6.07) is 13.8. The highest BCUT2D eigenvalue weighted by Crippen LogP contribution is 2.33. The molecule has 0 saturated heterocycles. The van der Waals surface area contributed by atoms with Gasteiger partial charge < -0.3 is 20.3 Å². The summed E-state index contributed by atoms with van der Waals surface area (Å²) in [5.74, 6) is 0.0638. The van der Waals surface area contributed by atoms with Crippen LogP contribution in [0.4, 0.5) is 4.79 Å². The molecule has 7 nitrogen and oxygen atoms in total. The molecular formula is C32H47N3O4S. The standard InChI is InChI=1S/C32H47N3O4S/c1-10-32(7,8)35(29(37)26(18-19-40-9)34-30(38)39-31(4,5)6)27(25-17-16-22(2)23(3)20-25)28(36)33-21-24-14-12-11-13-15-24/h11-17,20,26-27H,10,18-19,21H2,1-9H3,(H,33,36)(H,34,38). The number of alkyl carbamates (subject to hydrolysis) is 1. The molecule has 2 aromatic rings. The van der Waals surface area contributed by atoms with E-state index in [-0.39, 0.29) is 11.8 Å². The van der Waals surface area contributed by atoms with Gasteiger partial charge in [-0.1, -0.05) is 55.5 Å². The minimum atomic E-state index is -0.900. The molecule has 220 valence electrons. The van der Waals surface area contributed by atoms with Gasteiger partial charge in [-0.05, 0) is 95.6 Å². The highest BCUT2D eigenvalue weighted by Gasteiger charge is 2.43. The molecule has 0 aromatic heterocycles. The maximum absolute atomic E-state index is 14.5. The van der Waals surface area contributed by atoms with Gasteiger partial charge in [0.05, 0.1) is 0 Å². The number of thioether (sulfide) groups is 1. The largest absolute Gasteiger partial charge is 0.444 e. The first kappa shape index (κ1) is 33.2. The van der Waals surface area contributed by atoms with Crippen molar-refractivity contribution in [3.63, 3.8) is 0 Å². The topological polar surface area (TPSA) is 87.7 Å². The van der Waals surface area contributed by atoms with E-state index in [1.165, 1.54) is 0 Å². The van der Waals surface area contributed by atoms with Gasteiger partial charge in [-0.3, -0.25) is 9.59 Å². The Bertz CT molecular complexity index is 1140. The van der Waals surface area contributed by atoms with E-state index in [1.54, 1.807) is 37.4 Å². The molecule has 0 aliphatic heterocycles. The Morgan fingerprint density at radius 2 is 1.62 bits per heavy atom. The fourth-order valence-corrected chi connectivity index (χ4v) is 4.76. The Labute approximate surface area is 244 Å². The molecule has 0 fully saturated rings. The number of carbonyl (C=O) groups excluding carboxylic acids is 3. The van der Waals surface area contributed by atoms with Gasteiger partial charge >= 0.3 is 6.09 Å². The quantitative estimate of drug-likeness (QED) is 0.312. The fraction of sp³-hybridized carbons (Fsp3) is 0.531. The number of rotatable bonds is 12. The summed E-state index contributed by atoms with van der Waals surface area (Å²) in [6.45, 7) is 15.6. The van der Waals surface area contributed by atoms with Crippen molar-refractivity contribution in [1.82, 2.24) is 15.5 Å². The predicted octanol–water partition coefficient (Wildman–Crippen LogP) is 6.32. The second-order valence-corrected chi connectivity index (χ2v) is 12.8. The van der Waals surface area contributed by atoms with Crippen LogP contribution in [0.2, 0.25) is 0 Å². The van der Waals surface area contributed by atoms with Crippen molar-refractivity contribution in [2.24, 2.45) is 0 Å². The summed E-state index contributed by atoms with van der Waals surface area (Å²) < 4.78 is 5.49. The minimum absolute atomic E-state index is 0.275. The lowest BCUT2D eigenvalue weighted by molar-refractivity contribution is -0.149. The molecule has 3 amide bonds. The Morgan fingerprint density at radius 1 is 0.975 bits per heavy atom. The number of carbonyl (C=O) groups is 3. The van der Waals surface area contributed by atoms with Crippen molar-refractivity contribution in [2.45, 2.75) is 98.0 Å². The third kappa shape index (κ3) is 9.58. The SMILES string of the molecule is CCC(C)(C)N(C(=O)C(CCSC)NC(=O)OC(C)(C)C)C(C(=O)NCc1ccccc1)c1ccc(C)c(C)c1. The number of ether oxygens (including phenoxy) is 1. The van der Waals surface area contributed by atoms with Crippen LogP contribution in [-0.2, 0) is 20.9 Å². The van der Waals surface area contributed by atoms with Crippen molar-refractivity contribution in [2.75, 3.05) is 12.0 Å². The molecule has 2 unspecified atom stereocenters. The van der Waals surface area contributed by atoms with E-state index >= 15 is 0 Å². The number of aryl methyl sites for hydroxylation is 2. The monoisotopic (exact) mass is 569 g/mol. The van der Waals surface area contributed by atoms with E-state index in [9.17, 15) is 14.4 Å². The van der Waals surface area contributed by atoms with E-state index < -0.39 is 29.3 Å². The summed E-state index contributed by atoms with van der Waals surface area (Å²) in [5.41, 5.74) is 2.42. The Kier molecular flexibility index (Phi) is 12.1. The first-order chi connectivity index (χ1) is 18.7. The molecule has 0 aliphatic carbocycles. The molecule has 2 atom stereocenters. The third-order valence-corrected chi connectivity index (χ3v) is 7.66. The molecule has 0 heterocycles. The molecule has 2 aromatic carbocycles. The van der Waals surface area contributed by atoms with E-state index in [2.05, 4.69) is 10.6 Å². The second kappa shape index (κ2) is 14.6. The van der Waals surface area contributed by atoms with Crippen molar-refractivity contribution in [3.8, 4) is 0 Å². The molecule has 2 rings (SSSR count). The van der Waals surface area contributed by atoms with Crippen LogP contribution in [0.5, 0.6) is 0 Å². The van der Waals surface area contributed by atoms with Crippen LogP contribution < -0.4 is 10.6 Å². The van der Waals surface area contributed by atoms with E-state index in [0.29, 0.717) is 25.1 Å². The zero-order chi connectivity index (χ0) is 30.1. The van der Waals surface area contributed by atoms with Crippen LogP contribution in [0.25, 0.3) is 0 Å². The Morgan fingerprint density at radius 3 is 2.17 bits per heavy atom. The molecule has 0 saturated carbocycles. The molecular weight excluding hydrogens is 522 g/mol. The zero-order valence-electron chi connectivity index (χ0n) is 25.6. The van der Waals surface area contributed by atoms with Crippen molar-refractivity contribution < 1.29 is 19.1 Å². The van der Waals surface area contributed by atoms with Crippen molar-refractivity contribution in [3.05, 3.63) is 70.8 Å². The maximum Gasteiger partial charge on any atom is 0.408 e. The van der Waals surface area contributed by atoms with Gasteiger partial charge in [0.2, 0.25) is 11.8 Å². The van der Waals surface area contributed by atoms with Gasteiger partial charge in [-0.2, -0.15) is 11.8 Å². The number of amides is 3. The van der Waals surface area contributed by atoms with E-state index in [4.69, 9.17) is 4.74 Å². The van der Waals surface area contributed by atoms with Gasteiger partial charge in [0, 0.05) is 12.1 Å². The van der Waals surface area contributed by atoms with Gasteiger partial charge in [0.1, 0.15) is 17.7 Å². The van der Waals surface area contributed by atoms with Crippen molar-refractivity contribution >= 4 is 29.7 Å². The van der Waals surface area contributed by atoms with Gasteiger partial charge in [-0.25, -0.2) is 4.79 Å². The number of benzene rings is 2. The average Bonchev–Trinajstić information content (AvgIpc) is 2.89. The van der Waals surface area contributed by atoms with Crippen LogP contribution >= 0.6 is 11.8 Å². The van der Waals surface area contributed by atoms with Crippen LogP contribution in [0, 0.1) is 13.8 Å². The number of nitrogens with one attached hydrogen (secondary N) is 2. The molecule has 0 radical (unpaired) electrons. The van der Waals surface area contributed by atoms with E-state index in [1.807, 2.05) is 89.4 Å². The summed E-state index contributed by atoms with van der Waals surface area (Å²) >= 11 is 1.59. The lowest BCUT2D eigenvalue weighted by atomic mass is 9.90. The molecule has 40 heavy (non-hydrogen) atoms. The van der Waals surface area contributed by atoms with Crippen LogP contribution in [0.1, 0.15) is 82.7 Å². The van der Waals surface area contributed by atoms with Crippen LogP contribution in [-0.4, -0.2) is 52.0 Å². The average molecular weight is 570 g/mol. The number of hydrogen-bond donors (Lipinski definition) is 2. The fourth-order valence-electron chi connectivity index (χ4n) is 4.29. The Balaban J connectivity index is 2.58. The third-order valence-electron chi connectivity index (χ3n) is 7.02. The second-order valence-electron chi connectivity index (χ2n) is 11.8. The summed E-state index contributed by atoms with van der Waals surface area (Å²) in [4.78, 5) is 43.0. The lowest BCUT2D eigenvalue weighted by Crippen LogP contribution is -2.59. The molecule has 2 N–H and O–H groups in total. The van der Waals surface area contributed by atoms with E-state index in [0.717, 1.165) is 22.3 Å². The molecule has 0 bridgehead atoms. The smallest absolute Gasteiger partial charge is 0.408 e. The number of hydrogen-bond acceptors (Lipinski definition) is 5. The Hall–Kier alpha value is -3.00. The minimum Gasteiger partial charge on any atom is -0.444 e. The maximum atomic E-state index is 14.5. The first-order valence-electron chi connectivity index (χ1n) is 13.9. The highest BCUT2D eigenvalue weighted by atomic mass is 32.2. The zero-order valence-corrected chi connectivity index (χ0v) is 26.4. The summed E-state index contributed by atoms with van der Waals surface area (Å²) in [6.07, 6.45) is 2.31.